The number of esters is 2. The quantitative estimate of drug-likeness (QED) is 0.400. The maximum atomic E-state index is 13.7. The Labute approximate surface area is 203 Å². The van der Waals surface area contributed by atoms with E-state index in [1.54, 1.807) is 4.90 Å². The van der Waals surface area contributed by atoms with Gasteiger partial charge in [0.2, 0.25) is 5.91 Å². The van der Waals surface area contributed by atoms with Gasteiger partial charge in [-0.25, -0.2) is 0 Å². The highest BCUT2D eigenvalue weighted by Crippen LogP contribution is 2.60. The van der Waals surface area contributed by atoms with Crippen molar-refractivity contribution >= 4 is 28.0 Å². The van der Waals surface area contributed by atoms with Gasteiger partial charge < -0.3 is 14.4 Å². The Kier molecular flexibility index (Phi) is 7.18. The van der Waals surface area contributed by atoms with Gasteiger partial charge in [-0.1, -0.05) is 32.1 Å². The number of amides is 1. The van der Waals surface area contributed by atoms with Gasteiger partial charge in [0.1, 0.15) is 6.10 Å². The first kappa shape index (κ1) is 26.2. The number of halogens is 2. The average Bonchev–Trinajstić information content (AvgIpc) is 3.33. The van der Waals surface area contributed by atoms with Gasteiger partial charge in [-0.15, -0.1) is 0 Å². The Morgan fingerprint density at radius 3 is 2.26 bits per heavy atom. The molecule has 4 fully saturated rings. The van der Waals surface area contributed by atoms with E-state index < -0.39 is 57.8 Å². The van der Waals surface area contributed by atoms with Crippen LogP contribution in [0.5, 0.6) is 0 Å². The fourth-order valence-electron chi connectivity index (χ4n) is 6.67. The van der Waals surface area contributed by atoms with Crippen LogP contribution in [0, 0.1) is 29.6 Å². The van der Waals surface area contributed by atoms with Crippen LogP contribution >= 0.6 is 0 Å². The van der Waals surface area contributed by atoms with Crippen LogP contribution in [0.2, 0.25) is 0 Å². The minimum Gasteiger partial charge on any atom is -0.460 e. The molecule has 6 atom stereocenters. The molecule has 198 valence electrons. The van der Waals surface area contributed by atoms with E-state index in [0.717, 1.165) is 44.9 Å². The monoisotopic (exact) mass is 521 g/mol. The van der Waals surface area contributed by atoms with Crippen molar-refractivity contribution in [3.63, 3.8) is 0 Å². The van der Waals surface area contributed by atoms with E-state index in [9.17, 15) is 31.6 Å². The Balaban J connectivity index is 1.54. The van der Waals surface area contributed by atoms with Gasteiger partial charge in [0, 0.05) is 12.0 Å². The molecule has 35 heavy (non-hydrogen) atoms. The summed E-state index contributed by atoms with van der Waals surface area (Å²) < 4.78 is 68.4. The van der Waals surface area contributed by atoms with Gasteiger partial charge in [-0.05, 0) is 39.0 Å². The second-order valence-electron chi connectivity index (χ2n) is 10.6. The van der Waals surface area contributed by atoms with Gasteiger partial charge >= 0.3 is 27.3 Å². The summed E-state index contributed by atoms with van der Waals surface area (Å²) in [6.45, 7) is 1.79. The molecule has 3 saturated carbocycles. The third-order valence-electron chi connectivity index (χ3n) is 8.19. The van der Waals surface area contributed by atoms with Crippen LogP contribution in [0.15, 0.2) is 0 Å². The smallest absolute Gasteiger partial charge is 0.402 e. The van der Waals surface area contributed by atoms with Crippen molar-refractivity contribution in [2.45, 2.75) is 88.7 Å². The number of likely N-dealkylation sites (tertiary alicyclic amines) is 1. The second-order valence-corrected chi connectivity index (χ2v) is 12.2. The third kappa shape index (κ3) is 4.68. The van der Waals surface area contributed by atoms with Crippen molar-refractivity contribution < 1.29 is 45.6 Å². The van der Waals surface area contributed by atoms with Crippen molar-refractivity contribution in [2.75, 3.05) is 6.61 Å². The molecule has 2 bridgehead atoms. The molecule has 0 aromatic heterocycles. The van der Waals surface area contributed by atoms with E-state index in [-0.39, 0.29) is 29.8 Å². The summed E-state index contributed by atoms with van der Waals surface area (Å²) in [5.41, 5.74) is 0. The lowest BCUT2D eigenvalue weighted by atomic mass is 9.78. The van der Waals surface area contributed by atoms with E-state index >= 15 is 0 Å². The minimum atomic E-state index is -5.77. The molecule has 12 heteroatoms. The van der Waals surface area contributed by atoms with Crippen molar-refractivity contribution in [3.05, 3.63) is 0 Å². The van der Waals surface area contributed by atoms with Crippen LogP contribution in [0.3, 0.4) is 0 Å². The molecule has 0 radical (unpaired) electrons. The summed E-state index contributed by atoms with van der Waals surface area (Å²) in [7, 11) is -5.77. The molecule has 6 unspecified atom stereocenters. The van der Waals surface area contributed by atoms with Crippen LogP contribution in [0.25, 0.3) is 0 Å². The molecule has 0 aromatic rings. The summed E-state index contributed by atoms with van der Waals surface area (Å²) in [6.07, 6.45) is 6.18. The minimum absolute atomic E-state index is 0.222. The van der Waals surface area contributed by atoms with E-state index in [1.165, 1.54) is 0 Å². The van der Waals surface area contributed by atoms with Crippen LogP contribution in [0.1, 0.15) is 65.2 Å². The number of carbonyl (C=O) groups is 3. The third-order valence-corrected chi connectivity index (χ3v) is 9.06. The highest BCUT2D eigenvalue weighted by atomic mass is 32.2. The molecule has 1 N–H and O–H groups in total. The lowest BCUT2D eigenvalue weighted by Gasteiger charge is -2.36. The standard InChI is InChI=1S/C23H33F2NO8S/c1-12(2)26-18-14-10-15(19(18)34-21(28)13-8-6-4-3-5-7-9-13)17(16(14)20(26)27)22(29)33-11-23(24,25)35(30,31)32/h12-19H,3-11H2,1-2H3,(H,30,31,32). The first-order chi connectivity index (χ1) is 16.3. The van der Waals surface area contributed by atoms with Crippen LogP contribution in [0.4, 0.5) is 8.78 Å². The van der Waals surface area contributed by atoms with Crippen molar-refractivity contribution in [1.29, 1.82) is 0 Å². The highest BCUT2D eigenvalue weighted by molar-refractivity contribution is 7.86. The summed E-state index contributed by atoms with van der Waals surface area (Å²) in [6, 6.07) is -0.613. The normalized spacial score (nSPS) is 33.7. The van der Waals surface area contributed by atoms with Crippen molar-refractivity contribution in [3.8, 4) is 0 Å². The number of hydrogen-bond donors (Lipinski definition) is 1. The lowest BCUT2D eigenvalue weighted by molar-refractivity contribution is -0.169. The van der Waals surface area contributed by atoms with E-state index in [2.05, 4.69) is 4.74 Å². The first-order valence-electron chi connectivity index (χ1n) is 12.4. The average molecular weight is 522 g/mol. The number of hydrogen-bond acceptors (Lipinski definition) is 7. The zero-order valence-electron chi connectivity index (χ0n) is 19.9. The number of nitrogens with zero attached hydrogens (tertiary/aromatic N) is 1. The van der Waals surface area contributed by atoms with Gasteiger partial charge in [0.05, 0.1) is 23.8 Å². The molecule has 1 saturated heterocycles. The topological polar surface area (TPSA) is 127 Å². The summed E-state index contributed by atoms with van der Waals surface area (Å²) in [4.78, 5) is 40.9. The molecule has 1 heterocycles. The number of alkyl halides is 2. The Bertz CT molecular complexity index is 963. The fraction of sp³-hybridized carbons (Fsp3) is 0.870. The summed E-state index contributed by atoms with van der Waals surface area (Å²) in [5, 5.41) is -4.67. The SMILES string of the molecule is CC(C)N1C(=O)C2C3CC(C(OC(=O)C4CCCCCCC4)C31)C2C(=O)OCC(F)(F)S(=O)(=O)O. The second kappa shape index (κ2) is 9.57. The lowest BCUT2D eigenvalue weighted by Crippen LogP contribution is -2.49. The molecular formula is C23H33F2NO8S. The molecule has 3 aliphatic carbocycles. The molecule has 9 nitrogen and oxygen atoms in total. The Hall–Kier alpha value is -1.82. The summed E-state index contributed by atoms with van der Waals surface area (Å²) in [5.74, 6) is -4.87. The largest absolute Gasteiger partial charge is 0.460 e. The molecular weight excluding hydrogens is 488 g/mol. The predicted molar refractivity (Wildman–Crippen MR) is 117 cm³/mol. The van der Waals surface area contributed by atoms with Crippen molar-refractivity contribution in [1.82, 2.24) is 4.90 Å². The number of fused-ring (bicyclic) bond motifs is 1. The number of ether oxygens (including phenoxy) is 2. The van der Waals surface area contributed by atoms with E-state index in [4.69, 9.17) is 9.29 Å². The maximum absolute atomic E-state index is 13.7. The Morgan fingerprint density at radius 1 is 1.09 bits per heavy atom. The van der Waals surface area contributed by atoms with Crippen molar-refractivity contribution in [2.24, 2.45) is 29.6 Å². The molecule has 4 rings (SSSR count). The van der Waals surface area contributed by atoms with Gasteiger partial charge in [0.25, 0.3) is 0 Å². The Morgan fingerprint density at radius 2 is 1.69 bits per heavy atom. The molecule has 1 aliphatic heterocycles. The highest BCUT2D eigenvalue weighted by Gasteiger charge is 2.71. The zero-order chi connectivity index (χ0) is 25.7. The summed E-state index contributed by atoms with van der Waals surface area (Å²) >= 11 is 0. The maximum Gasteiger partial charge on any atom is 0.402 e. The van der Waals surface area contributed by atoms with Crippen LogP contribution < -0.4 is 0 Å². The predicted octanol–water partition coefficient (Wildman–Crippen LogP) is 2.78. The first-order valence-corrected chi connectivity index (χ1v) is 13.8. The zero-order valence-corrected chi connectivity index (χ0v) is 20.7. The molecule has 4 aliphatic rings. The van der Waals surface area contributed by atoms with Gasteiger partial charge in [0.15, 0.2) is 6.61 Å². The number of carbonyl (C=O) groups excluding carboxylic acids is 3. The molecule has 1 amide bonds. The molecule has 0 spiro atoms. The van der Waals surface area contributed by atoms with Crippen LogP contribution in [-0.2, 0) is 34.0 Å². The molecule has 0 aromatic carbocycles. The number of rotatable bonds is 7. The van der Waals surface area contributed by atoms with E-state index in [0.29, 0.717) is 6.42 Å². The van der Waals surface area contributed by atoms with Gasteiger partial charge in [-0.3, -0.25) is 18.9 Å². The van der Waals surface area contributed by atoms with E-state index in [1.807, 2.05) is 13.8 Å². The van der Waals surface area contributed by atoms with Gasteiger partial charge in [-0.2, -0.15) is 17.2 Å². The van der Waals surface area contributed by atoms with Crippen LogP contribution in [-0.4, -0.2) is 65.8 Å². The fourth-order valence-corrected chi connectivity index (χ4v) is 6.88.